The highest BCUT2D eigenvalue weighted by atomic mass is 19.4. The number of benzene rings is 2. The van der Waals surface area contributed by atoms with Gasteiger partial charge >= 0.3 is 6.18 Å². The molecule has 4 nitrogen and oxygen atoms in total. The third-order valence-electron chi connectivity index (χ3n) is 5.99. The molecule has 176 valence electrons. The maximum absolute atomic E-state index is 13.6. The van der Waals surface area contributed by atoms with Crippen molar-refractivity contribution in [2.75, 3.05) is 31.6 Å². The molecule has 1 atom stereocenters. The van der Waals surface area contributed by atoms with Crippen LogP contribution in [0.2, 0.25) is 0 Å². The maximum Gasteiger partial charge on any atom is 0.416 e. The van der Waals surface area contributed by atoms with Crippen molar-refractivity contribution in [1.82, 2.24) is 9.88 Å². The van der Waals surface area contributed by atoms with E-state index in [0.29, 0.717) is 23.9 Å². The Bertz CT molecular complexity index is 1100. The minimum absolute atomic E-state index is 0.217. The molecule has 0 spiro atoms. The minimum Gasteiger partial charge on any atom is -0.493 e. The maximum atomic E-state index is 13.6. The van der Waals surface area contributed by atoms with E-state index in [9.17, 15) is 13.2 Å². The van der Waals surface area contributed by atoms with E-state index in [-0.39, 0.29) is 5.75 Å². The third kappa shape index (κ3) is 6.16. The van der Waals surface area contributed by atoms with Crippen LogP contribution in [0.5, 0.6) is 5.75 Å². The Morgan fingerprint density at radius 3 is 2.76 bits per heavy atom. The second-order valence-corrected chi connectivity index (χ2v) is 8.95. The molecule has 0 saturated carbocycles. The number of alkyl halides is 3. The zero-order chi connectivity index (χ0) is 23.4. The molecule has 0 amide bonds. The Labute approximate surface area is 192 Å². The van der Waals surface area contributed by atoms with Crippen LogP contribution in [0, 0.1) is 12.8 Å². The molecule has 0 aliphatic carbocycles. The molecule has 2 aromatic carbocycles. The SMILES string of the molecule is Cc1cc(Nc2cc(OCCCN3CCCC(C)C3)cc(C(F)(F)F)c2)c2ccccc2n1. The Morgan fingerprint density at radius 1 is 1.15 bits per heavy atom. The molecule has 1 fully saturated rings. The monoisotopic (exact) mass is 457 g/mol. The highest BCUT2D eigenvalue weighted by Gasteiger charge is 2.31. The number of halogens is 3. The van der Waals surface area contributed by atoms with Gasteiger partial charge in [-0.1, -0.05) is 25.1 Å². The van der Waals surface area contributed by atoms with Gasteiger partial charge in [-0.2, -0.15) is 13.2 Å². The van der Waals surface area contributed by atoms with Gasteiger partial charge in [-0.05, 0) is 62.9 Å². The molecule has 1 aliphatic rings. The first-order valence-corrected chi connectivity index (χ1v) is 11.5. The van der Waals surface area contributed by atoms with Crippen molar-refractivity contribution in [3.63, 3.8) is 0 Å². The van der Waals surface area contributed by atoms with Gasteiger partial charge in [0, 0.05) is 41.6 Å². The number of anilines is 2. The van der Waals surface area contributed by atoms with Crippen molar-refractivity contribution in [2.24, 2.45) is 5.92 Å². The molecule has 3 aromatic rings. The standard InChI is InChI=1S/C26H30F3N3O/c1-18-7-5-10-32(17-18)11-6-12-33-22-15-20(26(27,28)29)14-21(16-22)31-25-13-19(2)30-24-9-4-3-8-23(24)25/h3-4,8-9,13-16,18H,5-7,10-12,17H2,1-2H3,(H,30,31). The highest BCUT2D eigenvalue weighted by molar-refractivity contribution is 5.93. The van der Waals surface area contributed by atoms with E-state index in [1.54, 1.807) is 6.07 Å². The molecule has 1 aromatic heterocycles. The number of nitrogens with zero attached hydrogens (tertiary/aromatic N) is 2. The molecule has 0 bridgehead atoms. The van der Waals surface area contributed by atoms with Gasteiger partial charge in [0.05, 0.1) is 17.7 Å². The van der Waals surface area contributed by atoms with Gasteiger partial charge in [0.25, 0.3) is 0 Å². The van der Waals surface area contributed by atoms with E-state index >= 15 is 0 Å². The van der Waals surface area contributed by atoms with Crippen LogP contribution in [0.4, 0.5) is 24.5 Å². The van der Waals surface area contributed by atoms with Crippen LogP contribution in [0.3, 0.4) is 0 Å². The number of para-hydroxylation sites is 1. The molecule has 0 radical (unpaired) electrons. The van der Waals surface area contributed by atoms with Crippen LogP contribution >= 0.6 is 0 Å². The first-order valence-electron chi connectivity index (χ1n) is 11.5. The lowest BCUT2D eigenvalue weighted by Crippen LogP contribution is -2.35. The van der Waals surface area contributed by atoms with Gasteiger partial charge < -0.3 is 15.0 Å². The predicted octanol–water partition coefficient (Wildman–Crippen LogP) is 6.81. The van der Waals surface area contributed by atoms with Gasteiger partial charge in [-0.15, -0.1) is 0 Å². The zero-order valence-corrected chi connectivity index (χ0v) is 19.1. The van der Waals surface area contributed by atoms with Crippen molar-refractivity contribution < 1.29 is 17.9 Å². The number of rotatable bonds is 7. The summed E-state index contributed by atoms with van der Waals surface area (Å²) in [5.41, 5.74) is 1.88. The Balaban J connectivity index is 1.50. The summed E-state index contributed by atoms with van der Waals surface area (Å²) in [5.74, 6) is 0.916. The van der Waals surface area contributed by atoms with Crippen molar-refractivity contribution in [1.29, 1.82) is 0 Å². The van der Waals surface area contributed by atoms with E-state index in [0.717, 1.165) is 54.8 Å². The summed E-state index contributed by atoms with van der Waals surface area (Å²) < 4.78 is 46.5. The summed E-state index contributed by atoms with van der Waals surface area (Å²) in [7, 11) is 0. The zero-order valence-electron chi connectivity index (χ0n) is 19.1. The van der Waals surface area contributed by atoms with E-state index in [1.165, 1.54) is 12.8 Å². The number of hydrogen-bond acceptors (Lipinski definition) is 4. The van der Waals surface area contributed by atoms with E-state index in [4.69, 9.17) is 4.74 Å². The summed E-state index contributed by atoms with van der Waals surface area (Å²) in [4.78, 5) is 6.91. The van der Waals surface area contributed by atoms with Crippen molar-refractivity contribution >= 4 is 22.3 Å². The number of pyridine rings is 1. The fraction of sp³-hybridized carbons (Fsp3) is 0.423. The van der Waals surface area contributed by atoms with E-state index < -0.39 is 11.7 Å². The van der Waals surface area contributed by atoms with E-state index in [2.05, 4.69) is 22.1 Å². The van der Waals surface area contributed by atoms with Gasteiger partial charge in [0.1, 0.15) is 5.75 Å². The van der Waals surface area contributed by atoms with Crippen molar-refractivity contribution in [3.8, 4) is 5.75 Å². The summed E-state index contributed by atoms with van der Waals surface area (Å²) in [6, 6.07) is 13.2. The fourth-order valence-electron chi connectivity index (χ4n) is 4.45. The molecule has 1 N–H and O–H groups in total. The largest absolute Gasteiger partial charge is 0.493 e. The number of piperidine rings is 1. The summed E-state index contributed by atoms with van der Waals surface area (Å²) in [6.45, 7) is 7.56. The summed E-state index contributed by atoms with van der Waals surface area (Å²) in [5, 5.41) is 4.01. The average Bonchev–Trinajstić information content (AvgIpc) is 2.76. The van der Waals surface area contributed by atoms with Gasteiger partial charge in [0.2, 0.25) is 0 Å². The second kappa shape index (κ2) is 10.00. The van der Waals surface area contributed by atoms with Crippen LogP contribution in [0.25, 0.3) is 10.9 Å². The van der Waals surface area contributed by atoms with E-state index in [1.807, 2.05) is 37.3 Å². The smallest absolute Gasteiger partial charge is 0.416 e. The normalized spacial score (nSPS) is 17.3. The Kier molecular flexibility index (Phi) is 7.08. The molecule has 1 saturated heterocycles. The molecule has 1 aliphatic heterocycles. The fourth-order valence-corrected chi connectivity index (χ4v) is 4.45. The topological polar surface area (TPSA) is 37.4 Å². The number of hydrogen-bond donors (Lipinski definition) is 1. The average molecular weight is 458 g/mol. The van der Waals surface area contributed by atoms with Gasteiger partial charge in [-0.3, -0.25) is 4.98 Å². The lowest BCUT2D eigenvalue weighted by Gasteiger charge is -2.30. The minimum atomic E-state index is -4.46. The molecular weight excluding hydrogens is 427 g/mol. The molecule has 33 heavy (non-hydrogen) atoms. The number of fused-ring (bicyclic) bond motifs is 1. The first-order chi connectivity index (χ1) is 15.8. The van der Waals surface area contributed by atoms with Crippen molar-refractivity contribution in [2.45, 2.75) is 39.3 Å². The lowest BCUT2D eigenvalue weighted by molar-refractivity contribution is -0.137. The van der Waals surface area contributed by atoms with Gasteiger partial charge in [-0.25, -0.2) is 0 Å². The van der Waals surface area contributed by atoms with Gasteiger partial charge in [0.15, 0.2) is 0 Å². The van der Waals surface area contributed by atoms with Crippen LogP contribution in [-0.4, -0.2) is 36.1 Å². The van der Waals surface area contributed by atoms with Crippen LogP contribution in [0.15, 0.2) is 48.5 Å². The molecular formula is C26H30F3N3O. The summed E-state index contributed by atoms with van der Waals surface area (Å²) in [6.07, 6.45) is -1.22. The molecule has 7 heteroatoms. The molecule has 2 heterocycles. The Hall–Kier alpha value is -2.80. The number of likely N-dealkylation sites (tertiary alicyclic amines) is 1. The quantitative estimate of drug-likeness (QED) is 0.396. The number of aryl methyl sites for hydroxylation is 1. The first kappa shape index (κ1) is 23.4. The van der Waals surface area contributed by atoms with Crippen LogP contribution in [-0.2, 0) is 6.18 Å². The molecule has 1 unspecified atom stereocenters. The number of ether oxygens (including phenoxy) is 1. The van der Waals surface area contributed by atoms with Crippen molar-refractivity contribution in [3.05, 3.63) is 59.8 Å². The predicted molar refractivity (Wildman–Crippen MR) is 126 cm³/mol. The Morgan fingerprint density at radius 2 is 1.97 bits per heavy atom. The summed E-state index contributed by atoms with van der Waals surface area (Å²) >= 11 is 0. The number of nitrogens with one attached hydrogen (secondary N) is 1. The highest BCUT2D eigenvalue weighted by Crippen LogP contribution is 2.36. The van der Waals surface area contributed by atoms with Crippen LogP contribution in [0.1, 0.15) is 37.4 Å². The second-order valence-electron chi connectivity index (χ2n) is 8.95. The third-order valence-corrected chi connectivity index (χ3v) is 5.99. The van der Waals surface area contributed by atoms with Crippen LogP contribution < -0.4 is 10.1 Å². The lowest BCUT2D eigenvalue weighted by atomic mass is 10.0. The number of aromatic nitrogens is 1. The molecule has 4 rings (SSSR count).